The molecule has 2 heterocycles. The topological polar surface area (TPSA) is 40.6 Å². The minimum atomic E-state index is -4.33. The van der Waals surface area contributed by atoms with Gasteiger partial charge in [-0.3, -0.25) is 9.69 Å². The number of alkyl halides is 3. The molecule has 3 amide bonds. The molecule has 0 bridgehead atoms. The Labute approximate surface area is 131 Å². The first-order chi connectivity index (χ1) is 10.9. The van der Waals surface area contributed by atoms with Crippen molar-refractivity contribution in [1.29, 1.82) is 0 Å². The monoisotopic (exact) mass is 326 g/mol. The van der Waals surface area contributed by atoms with Crippen molar-refractivity contribution in [2.45, 2.75) is 37.9 Å². The van der Waals surface area contributed by atoms with Crippen LogP contribution in [0.3, 0.4) is 0 Å². The number of aryl methyl sites for hydroxylation is 1. The Morgan fingerprint density at radius 2 is 1.83 bits per heavy atom. The summed E-state index contributed by atoms with van der Waals surface area (Å²) >= 11 is 0. The number of carbonyl (C=O) groups is 2. The van der Waals surface area contributed by atoms with E-state index in [0.29, 0.717) is 25.9 Å². The highest BCUT2D eigenvalue weighted by molar-refractivity contribution is 6.04. The zero-order chi connectivity index (χ0) is 16.6. The number of imide groups is 1. The molecule has 7 heteroatoms. The molecular weight excluding hydrogens is 309 g/mol. The highest BCUT2D eigenvalue weighted by atomic mass is 19.4. The van der Waals surface area contributed by atoms with Gasteiger partial charge in [0.1, 0.15) is 6.04 Å². The molecule has 2 aliphatic rings. The van der Waals surface area contributed by atoms with Crippen LogP contribution in [0.4, 0.5) is 18.0 Å². The van der Waals surface area contributed by atoms with Crippen LogP contribution in [-0.2, 0) is 17.4 Å². The fourth-order valence-electron chi connectivity index (χ4n) is 3.19. The third-order valence-electron chi connectivity index (χ3n) is 4.41. The van der Waals surface area contributed by atoms with Crippen molar-refractivity contribution < 1.29 is 22.8 Å². The van der Waals surface area contributed by atoms with Gasteiger partial charge < -0.3 is 4.90 Å². The Morgan fingerprint density at radius 1 is 1.13 bits per heavy atom. The summed E-state index contributed by atoms with van der Waals surface area (Å²) in [5.41, 5.74) is 0.0874. The fourth-order valence-corrected chi connectivity index (χ4v) is 3.19. The van der Waals surface area contributed by atoms with E-state index in [1.807, 2.05) is 0 Å². The van der Waals surface area contributed by atoms with Crippen molar-refractivity contribution in [2.24, 2.45) is 0 Å². The highest BCUT2D eigenvalue weighted by Gasteiger charge is 2.46. The minimum Gasteiger partial charge on any atom is -0.312 e. The third kappa shape index (κ3) is 3.04. The van der Waals surface area contributed by atoms with Gasteiger partial charge in [-0.05, 0) is 43.4 Å². The number of carbonyl (C=O) groups excluding carboxylic acids is 2. The zero-order valence-electron chi connectivity index (χ0n) is 12.5. The Bertz CT molecular complexity index is 591. The van der Waals surface area contributed by atoms with Crippen LogP contribution >= 0.6 is 0 Å². The molecule has 2 fully saturated rings. The zero-order valence-corrected chi connectivity index (χ0v) is 12.5. The normalized spacial score (nSPS) is 21.3. The summed E-state index contributed by atoms with van der Waals surface area (Å²) in [6.45, 7) is 0.941. The Morgan fingerprint density at radius 3 is 2.43 bits per heavy atom. The largest absolute Gasteiger partial charge is 0.416 e. The predicted molar refractivity (Wildman–Crippen MR) is 76.6 cm³/mol. The molecule has 2 aliphatic heterocycles. The van der Waals surface area contributed by atoms with Gasteiger partial charge in [0.15, 0.2) is 0 Å². The van der Waals surface area contributed by atoms with E-state index < -0.39 is 11.7 Å². The van der Waals surface area contributed by atoms with Crippen molar-refractivity contribution in [3.63, 3.8) is 0 Å². The summed E-state index contributed by atoms with van der Waals surface area (Å²) in [5, 5.41) is 0. The van der Waals surface area contributed by atoms with Crippen molar-refractivity contribution >= 4 is 11.9 Å². The second-order valence-electron chi connectivity index (χ2n) is 5.92. The summed E-state index contributed by atoms with van der Waals surface area (Å²) in [6, 6.07) is 4.46. The van der Waals surface area contributed by atoms with Crippen molar-refractivity contribution in [3.05, 3.63) is 35.4 Å². The molecule has 0 unspecified atom stereocenters. The maximum absolute atomic E-state index is 12.5. The van der Waals surface area contributed by atoms with Crippen molar-refractivity contribution in [1.82, 2.24) is 9.80 Å². The van der Waals surface area contributed by atoms with Gasteiger partial charge in [-0.25, -0.2) is 4.79 Å². The number of amides is 3. The van der Waals surface area contributed by atoms with Gasteiger partial charge in [0.25, 0.3) is 5.91 Å². The van der Waals surface area contributed by atoms with Crippen LogP contribution in [0.2, 0.25) is 0 Å². The van der Waals surface area contributed by atoms with Gasteiger partial charge >= 0.3 is 12.2 Å². The number of benzene rings is 1. The molecule has 1 aromatic rings. The van der Waals surface area contributed by atoms with E-state index >= 15 is 0 Å². The molecule has 124 valence electrons. The second-order valence-corrected chi connectivity index (χ2v) is 5.92. The summed E-state index contributed by atoms with van der Waals surface area (Å²) in [6.07, 6.45) is -1.68. The maximum atomic E-state index is 12.5. The molecule has 2 saturated heterocycles. The summed E-state index contributed by atoms with van der Waals surface area (Å²) in [5.74, 6) is -0.139. The van der Waals surface area contributed by atoms with E-state index in [2.05, 4.69) is 0 Å². The van der Waals surface area contributed by atoms with Gasteiger partial charge in [-0.1, -0.05) is 12.1 Å². The van der Waals surface area contributed by atoms with Gasteiger partial charge in [0.2, 0.25) is 0 Å². The molecule has 0 radical (unpaired) electrons. The van der Waals surface area contributed by atoms with Crippen LogP contribution in [0.1, 0.15) is 30.4 Å². The molecule has 23 heavy (non-hydrogen) atoms. The molecule has 0 aromatic heterocycles. The number of fused-ring (bicyclic) bond motifs is 1. The van der Waals surface area contributed by atoms with Gasteiger partial charge in [-0.15, -0.1) is 0 Å². The van der Waals surface area contributed by atoms with Crippen LogP contribution in [0.5, 0.6) is 0 Å². The summed E-state index contributed by atoms with van der Waals surface area (Å²) in [4.78, 5) is 27.1. The standard InChI is InChI=1S/C16H17F3N2O2/c17-16(18,19)12-7-5-11(6-8-12)3-1-10-21-14(22)13-4-2-9-20(13)15(21)23/h5-8,13H,1-4,9-10H2/t13-/m1/s1. The molecule has 1 atom stereocenters. The molecular formula is C16H17F3N2O2. The lowest BCUT2D eigenvalue weighted by molar-refractivity contribution is -0.137. The van der Waals surface area contributed by atoms with Gasteiger partial charge in [-0.2, -0.15) is 13.2 Å². The molecule has 0 N–H and O–H groups in total. The quantitative estimate of drug-likeness (QED) is 0.798. The first-order valence-corrected chi connectivity index (χ1v) is 7.66. The minimum absolute atomic E-state index is 0.139. The first kappa shape index (κ1) is 15.8. The lowest BCUT2D eigenvalue weighted by atomic mass is 10.1. The molecule has 0 saturated carbocycles. The Balaban J connectivity index is 1.54. The maximum Gasteiger partial charge on any atom is 0.416 e. The molecule has 0 aliphatic carbocycles. The summed E-state index contributed by atoms with van der Waals surface area (Å²) in [7, 11) is 0. The number of hydrogen-bond donors (Lipinski definition) is 0. The number of urea groups is 1. The van der Waals surface area contributed by atoms with E-state index in [4.69, 9.17) is 0 Å². The molecule has 3 rings (SSSR count). The van der Waals surface area contributed by atoms with Crippen LogP contribution in [0.25, 0.3) is 0 Å². The lowest BCUT2D eigenvalue weighted by Gasteiger charge is -2.15. The Hall–Kier alpha value is -2.05. The van der Waals surface area contributed by atoms with Crippen LogP contribution < -0.4 is 0 Å². The average molecular weight is 326 g/mol. The molecule has 4 nitrogen and oxygen atoms in total. The van der Waals surface area contributed by atoms with E-state index in [1.165, 1.54) is 17.0 Å². The van der Waals surface area contributed by atoms with E-state index in [9.17, 15) is 22.8 Å². The first-order valence-electron chi connectivity index (χ1n) is 7.66. The summed E-state index contributed by atoms with van der Waals surface area (Å²) < 4.78 is 37.5. The van der Waals surface area contributed by atoms with Crippen molar-refractivity contribution in [2.75, 3.05) is 13.1 Å². The smallest absolute Gasteiger partial charge is 0.312 e. The third-order valence-corrected chi connectivity index (χ3v) is 4.41. The van der Waals surface area contributed by atoms with Crippen LogP contribution in [0, 0.1) is 0 Å². The van der Waals surface area contributed by atoms with Gasteiger partial charge in [0, 0.05) is 13.1 Å². The highest BCUT2D eigenvalue weighted by Crippen LogP contribution is 2.30. The number of nitrogens with zero attached hydrogens (tertiary/aromatic N) is 2. The lowest BCUT2D eigenvalue weighted by Crippen LogP contribution is -2.34. The van der Waals surface area contributed by atoms with Crippen LogP contribution in [0.15, 0.2) is 24.3 Å². The predicted octanol–water partition coefficient (Wildman–Crippen LogP) is 3.06. The SMILES string of the molecule is O=C1[C@H]2CCCN2C(=O)N1CCCc1ccc(C(F)(F)F)cc1. The molecule has 1 aromatic carbocycles. The van der Waals surface area contributed by atoms with Crippen molar-refractivity contribution in [3.8, 4) is 0 Å². The van der Waals surface area contributed by atoms with Gasteiger partial charge in [0.05, 0.1) is 5.56 Å². The number of rotatable bonds is 4. The Kier molecular flexibility index (Phi) is 4.04. The second kappa shape index (κ2) is 5.86. The number of hydrogen-bond acceptors (Lipinski definition) is 2. The fraction of sp³-hybridized carbons (Fsp3) is 0.500. The van der Waals surface area contributed by atoms with E-state index in [0.717, 1.165) is 30.5 Å². The van der Waals surface area contributed by atoms with Crippen LogP contribution in [-0.4, -0.2) is 40.9 Å². The van der Waals surface area contributed by atoms with E-state index in [-0.39, 0.29) is 18.0 Å². The van der Waals surface area contributed by atoms with E-state index in [1.54, 1.807) is 4.90 Å². The number of halogens is 3. The average Bonchev–Trinajstić information content (AvgIpc) is 3.06. The molecule has 0 spiro atoms.